The molecule has 12 aromatic carbocycles. The Hall–Kier alpha value is -10.2. The first-order chi connectivity index (χ1) is 38.7. The van der Waals surface area contributed by atoms with E-state index in [-0.39, 0.29) is 0 Å². The summed E-state index contributed by atoms with van der Waals surface area (Å²) in [7, 11) is 0. The lowest BCUT2D eigenvalue weighted by atomic mass is 9.65. The molecule has 0 bridgehead atoms. The number of fused-ring (bicyclic) bond motifs is 20. The molecule has 0 amide bonds. The fraction of sp³-hybridized carbons (Fsp3) is 0.0270. The molecule has 0 radical (unpaired) electrons. The van der Waals surface area contributed by atoms with Crippen molar-refractivity contribution in [2.75, 3.05) is 4.90 Å². The van der Waals surface area contributed by atoms with Gasteiger partial charge >= 0.3 is 0 Å². The van der Waals surface area contributed by atoms with Gasteiger partial charge < -0.3 is 19.1 Å². The quantitative estimate of drug-likeness (QED) is 0.176. The van der Waals surface area contributed by atoms with Crippen molar-refractivity contribution < 1.29 is 14.2 Å². The molecular formula is C74H45NO3. The van der Waals surface area contributed by atoms with E-state index in [0.717, 1.165) is 102 Å². The average Bonchev–Trinajstić information content (AvgIpc) is 3.84. The van der Waals surface area contributed by atoms with Crippen molar-refractivity contribution in [2.24, 2.45) is 0 Å². The highest BCUT2D eigenvalue weighted by Crippen LogP contribution is 2.66. The van der Waals surface area contributed by atoms with Gasteiger partial charge in [0, 0.05) is 39.1 Å². The number of hydrogen-bond acceptors (Lipinski definition) is 4. The van der Waals surface area contributed by atoms with E-state index in [1.54, 1.807) is 0 Å². The molecule has 364 valence electrons. The van der Waals surface area contributed by atoms with Crippen molar-refractivity contribution in [1.29, 1.82) is 0 Å². The number of benzene rings is 12. The molecule has 0 aromatic heterocycles. The molecule has 0 saturated heterocycles. The number of rotatable bonds is 4. The molecule has 2 spiro atoms. The van der Waals surface area contributed by atoms with Crippen LogP contribution in [0.15, 0.2) is 273 Å². The molecule has 0 saturated carbocycles. The highest BCUT2D eigenvalue weighted by atomic mass is 16.5. The number of ether oxygens (including phenoxy) is 3. The second-order valence-corrected chi connectivity index (χ2v) is 21.0. The van der Waals surface area contributed by atoms with E-state index in [4.69, 9.17) is 14.2 Å². The van der Waals surface area contributed by atoms with Crippen LogP contribution in [0.3, 0.4) is 0 Å². The number of para-hydroxylation sites is 4. The van der Waals surface area contributed by atoms with Crippen molar-refractivity contribution >= 4 is 17.1 Å². The van der Waals surface area contributed by atoms with Gasteiger partial charge in [-0.15, -0.1) is 0 Å². The summed E-state index contributed by atoms with van der Waals surface area (Å²) in [6, 6.07) is 98.6. The summed E-state index contributed by atoms with van der Waals surface area (Å²) in [4.78, 5) is 2.33. The normalized spacial score (nSPS) is 14.4. The van der Waals surface area contributed by atoms with Crippen LogP contribution in [0, 0.1) is 0 Å². The summed E-state index contributed by atoms with van der Waals surface area (Å²) in [6.45, 7) is 0. The molecule has 4 heteroatoms. The van der Waals surface area contributed by atoms with E-state index < -0.39 is 10.8 Å². The van der Waals surface area contributed by atoms with Gasteiger partial charge in [0.05, 0.1) is 22.2 Å². The molecule has 2 aliphatic carbocycles. The third kappa shape index (κ3) is 5.73. The predicted octanol–water partition coefficient (Wildman–Crippen LogP) is 19.2. The van der Waals surface area contributed by atoms with Gasteiger partial charge in [0.2, 0.25) is 0 Å². The van der Waals surface area contributed by atoms with Crippen molar-refractivity contribution in [3.63, 3.8) is 0 Å². The van der Waals surface area contributed by atoms with Crippen LogP contribution >= 0.6 is 0 Å². The molecular weight excluding hydrogens is 951 g/mol. The standard InChI is InChI=1S/C74H45NO3/c1-2-18-46(19-3-1)47-36-40-50(41-37-47)75-65-42-38-48(51-24-16-32-63-71(51)77-67-34-14-12-30-61(67)73(63)57-26-8-4-20-53(57)54-21-5-9-27-58(54)73)44-69(65)76-70-45-49(39-43-66(70)75)52-25-17-33-64-72(52)78-68-35-15-13-31-62(68)74(64)59-28-10-6-22-55(59)56-23-7-11-29-60(56)74/h1-45H. The van der Waals surface area contributed by atoms with Gasteiger partial charge in [-0.05, 0) is 115 Å². The van der Waals surface area contributed by atoms with Crippen LogP contribution in [0.5, 0.6) is 34.5 Å². The maximum absolute atomic E-state index is 7.30. The summed E-state index contributed by atoms with van der Waals surface area (Å²) in [5.74, 6) is 4.87. The van der Waals surface area contributed by atoms with Crippen LogP contribution < -0.4 is 19.1 Å². The fourth-order valence-corrected chi connectivity index (χ4v) is 14.1. The first-order valence-corrected chi connectivity index (χ1v) is 26.8. The monoisotopic (exact) mass is 995 g/mol. The van der Waals surface area contributed by atoms with E-state index in [2.05, 4.69) is 278 Å². The Morgan fingerprint density at radius 2 is 0.577 bits per heavy atom. The van der Waals surface area contributed by atoms with Gasteiger partial charge in [-0.2, -0.15) is 0 Å². The molecule has 0 fully saturated rings. The lowest BCUT2D eigenvalue weighted by Gasteiger charge is -2.40. The zero-order valence-corrected chi connectivity index (χ0v) is 42.2. The Bertz CT molecular complexity index is 4160. The highest BCUT2D eigenvalue weighted by molar-refractivity contribution is 5.95. The van der Waals surface area contributed by atoms with Gasteiger partial charge in [0.1, 0.15) is 23.0 Å². The Balaban J connectivity index is 0.839. The van der Waals surface area contributed by atoms with Crippen LogP contribution in [-0.2, 0) is 10.8 Å². The number of hydrogen-bond donors (Lipinski definition) is 0. The minimum atomic E-state index is -0.581. The first kappa shape index (κ1) is 43.1. The van der Waals surface area contributed by atoms with E-state index in [0.29, 0.717) is 0 Å². The smallest absolute Gasteiger partial charge is 0.152 e. The zero-order chi connectivity index (χ0) is 51.1. The predicted molar refractivity (Wildman–Crippen MR) is 312 cm³/mol. The van der Waals surface area contributed by atoms with Crippen LogP contribution in [0.4, 0.5) is 17.1 Å². The van der Waals surface area contributed by atoms with Crippen LogP contribution in [0.25, 0.3) is 55.6 Å². The molecule has 12 aromatic rings. The molecule has 0 atom stereocenters. The molecule has 5 aliphatic rings. The minimum absolute atomic E-state index is 0.581. The average molecular weight is 996 g/mol. The molecule has 4 nitrogen and oxygen atoms in total. The van der Waals surface area contributed by atoms with Gasteiger partial charge in [-0.1, -0.05) is 224 Å². The Labute approximate surface area is 452 Å². The maximum Gasteiger partial charge on any atom is 0.152 e. The lowest BCUT2D eigenvalue weighted by Crippen LogP contribution is -2.32. The first-order valence-electron chi connectivity index (χ1n) is 26.8. The van der Waals surface area contributed by atoms with Crippen molar-refractivity contribution in [1.82, 2.24) is 0 Å². The van der Waals surface area contributed by atoms with E-state index >= 15 is 0 Å². The summed E-state index contributed by atoms with van der Waals surface area (Å²) < 4.78 is 21.6. The summed E-state index contributed by atoms with van der Waals surface area (Å²) >= 11 is 0. The molecule has 78 heavy (non-hydrogen) atoms. The van der Waals surface area contributed by atoms with E-state index in [1.807, 2.05) is 0 Å². The van der Waals surface area contributed by atoms with Crippen LogP contribution in [0.1, 0.15) is 44.5 Å². The SMILES string of the molecule is c1ccc(-c2ccc(N3c4ccc(-c5cccc6c5Oc5ccccc5C65c6ccccc6-c6ccccc65)cc4Oc4cc(-c5cccc6c5Oc5ccccc5C65c6ccccc6-c6ccccc65)ccc43)cc2)cc1. The third-order valence-corrected chi connectivity index (χ3v) is 17.2. The lowest BCUT2D eigenvalue weighted by molar-refractivity contribution is 0.438. The van der Waals surface area contributed by atoms with Crippen molar-refractivity contribution in [2.45, 2.75) is 10.8 Å². The van der Waals surface area contributed by atoms with Crippen molar-refractivity contribution in [3.8, 4) is 90.1 Å². The molecule has 17 rings (SSSR count). The zero-order valence-electron chi connectivity index (χ0n) is 42.2. The van der Waals surface area contributed by atoms with E-state index in [9.17, 15) is 0 Å². The highest BCUT2D eigenvalue weighted by Gasteiger charge is 2.53. The molecule has 0 unspecified atom stereocenters. The van der Waals surface area contributed by atoms with Gasteiger partial charge in [0.25, 0.3) is 0 Å². The Kier molecular flexibility index (Phi) is 8.94. The van der Waals surface area contributed by atoms with Crippen molar-refractivity contribution in [3.05, 3.63) is 317 Å². The largest absolute Gasteiger partial charge is 0.456 e. The Morgan fingerprint density at radius 1 is 0.231 bits per heavy atom. The third-order valence-electron chi connectivity index (χ3n) is 17.2. The number of anilines is 3. The summed E-state index contributed by atoms with van der Waals surface area (Å²) in [5.41, 5.74) is 22.6. The molecule has 3 heterocycles. The minimum Gasteiger partial charge on any atom is -0.456 e. The van der Waals surface area contributed by atoms with Crippen LogP contribution in [0.2, 0.25) is 0 Å². The fourth-order valence-electron chi connectivity index (χ4n) is 14.1. The Morgan fingerprint density at radius 3 is 1.03 bits per heavy atom. The van der Waals surface area contributed by atoms with Crippen LogP contribution in [-0.4, -0.2) is 0 Å². The maximum atomic E-state index is 7.30. The summed E-state index contributed by atoms with van der Waals surface area (Å²) in [6.07, 6.45) is 0. The number of nitrogens with zero attached hydrogens (tertiary/aromatic N) is 1. The van der Waals surface area contributed by atoms with Gasteiger partial charge in [-0.3, -0.25) is 0 Å². The topological polar surface area (TPSA) is 30.9 Å². The molecule has 3 aliphatic heterocycles. The summed E-state index contributed by atoms with van der Waals surface area (Å²) in [5, 5.41) is 0. The second kappa shape index (κ2) is 16.2. The van der Waals surface area contributed by atoms with Gasteiger partial charge in [-0.25, -0.2) is 0 Å². The van der Waals surface area contributed by atoms with E-state index in [1.165, 1.54) is 50.1 Å². The van der Waals surface area contributed by atoms with Gasteiger partial charge in [0.15, 0.2) is 11.5 Å². The second-order valence-electron chi connectivity index (χ2n) is 21.0. The molecule has 0 N–H and O–H groups in total.